The van der Waals surface area contributed by atoms with Crippen molar-refractivity contribution >= 4 is 33.9 Å². The molecule has 2 amide bonds. The molecule has 0 bridgehead atoms. The molecule has 35 heavy (non-hydrogen) atoms. The number of amides is 2. The summed E-state index contributed by atoms with van der Waals surface area (Å²) in [6.07, 6.45) is 3.84. The van der Waals surface area contributed by atoms with Gasteiger partial charge in [0.25, 0.3) is 11.8 Å². The average Bonchev–Trinajstić information content (AvgIpc) is 3.13. The molecule has 2 aromatic rings. The Balaban J connectivity index is 1.19. The van der Waals surface area contributed by atoms with Crippen LogP contribution in [0.4, 0.5) is 0 Å². The van der Waals surface area contributed by atoms with Crippen LogP contribution in [0.25, 0.3) is 6.08 Å². The number of ether oxygens (including phenoxy) is 2. The number of benzene rings is 2. The zero-order valence-electron chi connectivity index (χ0n) is 19.1. The number of fused-ring (bicyclic) bond motifs is 1. The van der Waals surface area contributed by atoms with Crippen molar-refractivity contribution in [2.45, 2.75) is 17.7 Å². The third-order valence-electron chi connectivity index (χ3n) is 5.80. The highest BCUT2D eigenvalue weighted by atomic mass is 32.2. The number of hydrogen-bond donors (Lipinski definition) is 0. The minimum absolute atomic E-state index is 0.156. The van der Waals surface area contributed by atoms with Gasteiger partial charge in [-0.05, 0) is 48.7 Å². The van der Waals surface area contributed by atoms with Crippen LogP contribution in [-0.4, -0.2) is 74.9 Å². The molecule has 2 heterocycles. The monoisotopic (exact) mass is 498 g/mol. The van der Waals surface area contributed by atoms with Crippen LogP contribution < -0.4 is 0 Å². The number of sulfonamides is 1. The summed E-state index contributed by atoms with van der Waals surface area (Å²) in [7, 11) is -3.56. The van der Waals surface area contributed by atoms with E-state index in [0.29, 0.717) is 55.8 Å². The predicted molar refractivity (Wildman–Crippen MR) is 127 cm³/mol. The smallest absolute Gasteiger partial charge is 0.330 e. The summed E-state index contributed by atoms with van der Waals surface area (Å²) in [5.74, 6) is -1.13. The summed E-state index contributed by atoms with van der Waals surface area (Å²) in [4.78, 5) is 38.0. The van der Waals surface area contributed by atoms with E-state index in [2.05, 4.69) is 0 Å². The Bertz CT molecular complexity index is 1200. The number of hydrogen-bond acceptors (Lipinski definition) is 7. The zero-order chi connectivity index (χ0) is 24.8. The fourth-order valence-electron chi connectivity index (χ4n) is 3.89. The first-order valence-electron chi connectivity index (χ1n) is 11.4. The average molecular weight is 499 g/mol. The minimum atomic E-state index is -3.56. The SMILES string of the molecule is O=C(C=Cc1ccc(S(=O)(=O)N2CCOCC2)cc1)OCCCCN1C(=O)c2ccccc2C1=O. The van der Waals surface area contributed by atoms with Gasteiger partial charge in [-0.2, -0.15) is 4.31 Å². The first kappa shape index (κ1) is 24.8. The first-order chi connectivity index (χ1) is 16.9. The minimum Gasteiger partial charge on any atom is -0.463 e. The molecule has 1 fully saturated rings. The second-order valence-corrected chi connectivity index (χ2v) is 10.0. The number of unbranched alkanes of at least 4 members (excludes halogenated alkanes) is 1. The van der Waals surface area contributed by atoms with Crippen molar-refractivity contribution in [1.29, 1.82) is 0 Å². The molecule has 0 N–H and O–H groups in total. The van der Waals surface area contributed by atoms with Crippen molar-refractivity contribution in [1.82, 2.24) is 9.21 Å². The van der Waals surface area contributed by atoms with E-state index >= 15 is 0 Å². The van der Waals surface area contributed by atoms with E-state index in [0.717, 1.165) is 0 Å². The molecular weight excluding hydrogens is 472 g/mol. The number of rotatable bonds is 9. The van der Waals surface area contributed by atoms with Gasteiger partial charge in [-0.25, -0.2) is 13.2 Å². The van der Waals surface area contributed by atoms with Gasteiger partial charge in [0, 0.05) is 25.7 Å². The maximum absolute atomic E-state index is 12.7. The molecule has 10 heteroatoms. The maximum atomic E-state index is 12.7. The highest BCUT2D eigenvalue weighted by Crippen LogP contribution is 2.22. The molecule has 0 spiro atoms. The topological polar surface area (TPSA) is 110 Å². The maximum Gasteiger partial charge on any atom is 0.330 e. The molecule has 2 aromatic carbocycles. The molecular formula is C25H26N2O7S. The Hall–Kier alpha value is -3.34. The van der Waals surface area contributed by atoms with E-state index in [1.54, 1.807) is 42.5 Å². The lowest BCUT2D eigenvalue weighted by Crippen LogP contribution is -2.40. The van der Waals surface area contributed by atoms with Crippen LogP contribution >= 0.6 is 0 Å². The summed E-state index contributed by atoms with van der Waals surface area (Å²) < 4.78 is 37.1. The van der Waals surface area contributed by atoms with Gasteiger partial charge in [-0.1, -0.05) is 24.3 Å². The number of carbonyl (C=O) groups excluding carboxylic acids is 3. The molecule has 1 saturated heterocycles. The van der Waals surface area contributed by atoms with E-state index in [9.17, 15) is 22.8 Å². The van der Waals surface area contributed by atoms with Gasteiger partial charge in [-0.3, -0.25) is 14.5 Å². The lowest BCUT2D eigenvalue weighted by Gasteiger charge is -2.26. The first-order valence-corrected chi connectivity index (χ1v) is 12.8. The summed E-state index contributed by atoms with van der Waals surface area (Å²) in [5, 5.41) is 0. The quantitative estimate of drug-likeness (QED) is 0.226. The van der Waals surface area contributed by atoms with Crippen molar-refractivity contribution in [3.05, 3.63) is 71.3 Å². The predicted octanol–water partition coefficient (Wildman–Crippen LogP) is 2.34. The third kappa shape index (κ3) is 5.67. The summed E-state index contributed by atoms with van der Waals surface area (Å²) in [6, 6.07) is 13.0. The molecule has 4 rings (SSSR count). The Morgan fingerprint density at radius 1 is 0.943 bits per heavy atom. The molecule has 0 atom stereocenters. The van der Waals surface area contributed by atoms with Crippen LogP contribution in [-0.2, 0) is 24.3 Å². The molecule has 0 saturated carbocycles. The fraction of sp³-hybridized carbons (Fsp3) is 0.320. The lowest BCUT2D eigenvalue weighted by molar-refractivity contribution is -0.137. The van der Waals surface area contributed by atoms with Gasteiger partial charge < -0.3 is 9.47 Å². The highest BCUT2D eigenvalue weighted by molar-refractivity contribution is 7.89. The van der Waals surface area contributed by atoms with E-state index in [-0.39, 0.29) is 29.9 Å². The molecule has 184 valence electrons. The summed E-state index contributed by atoms with van der Waals surface area (Å²) >= 11 is 0. The number of esters is 1. The Morgan fingerprint density at radius 3 is 2.20 bits per heavy atom. The van der Waals surface area contributed by atoms with Crippen LogP contribution in [0, 0.1) is 0 Å². The molecule has 0 unspecified atom stereocenters. The van der Waals surface area contributed by atoms with E-state index < -0.39 is 16.0 Å². The second kappa shape index (κ2) is 10.9. The van der Waals surface area contributed by atoms with Crippen molar-refractivity contribution in [2.24, 2.45) is 0 Å². The molecule has 0 radical (unpaired) electrons. The second-order valence-electron chi connectivity index (χ2n) is 8.10. The summed E-state index contributed by atoms with van der Waals surface area (Å²) in [5.41, 5.74) is 1.50. The number of imide groups is 1. The van der Waals surface area contributed by atoms with Crippen LogP contribution in [0.2, 0.25) is 0 Å². The van der Waals surface area contributed by atoms with E-state index in [1.807, 2.05) is 0 Å². The van der Waals surface area contributed by atoms with Crippen molar-refractivity contribution in [3.63, 3.8) is 0 Å². The largest absolute Gasteiger partial charge is 0.463 e. The van der Waals surface area contributed by atoms with Crippen molar-refractivity contribution < 1.29 is 32.3 Å². The fourth-order valence-corrected chi connectivity index (χ4v) is 5.29. The van der Waals surface area contributed by atoms with Gasteiger partial charge in [-0.15, -0.1) is 0 Å². The van der Waals surface area contributed by atoms with Crippen LogP contribution in [0.5, 0.6) is 0 Å². The van der Waals surface area contributed by atoms with Crippen LogP contribution in [0.15, 0.2) is 59.5 Å². The highest BCUT2D eigenvalue weighted by Gasteiger charge is 2.34. The molecule has 0 aliphatic carbocycles. The number of morpholine rings is 1. The van der Waals surface area contributed by atoms with Crippen LogP contribution in [0.1, 0.15) is 39.1 Å². The van der Waals surface area contributed by atoms with Gasteiger partial charge in [0.2, 0.25) is 10.0 Å². The normalized spacial score (nSPS) is 16.6. The Labute approximate surface area is 204 Å². The van der Waals surface area contributed by atoms with E-state index in [4.69, 9.17) is 9.47 Å². The Kier molecular flexibility index (Phi) is 7.74. The Morgan fingerprint density at radius 2 is 1.57 bits per heavy atom. The molecule has 2 aliphatic heterocycles. The number of nitrogens with zero attached hydrogens (tertiary/aromatic N) is 2. The van der Waals surface area contributed by atoms with Gasteiger partial charge >= 0.3 is 5.97 Å². The van der Waals surface area contributed by atoms with Gasteiger partial charge in [0.1, 0.15) is 0 Å². The van der Waals surface area contributed by atoms with Gasteiger partial charge in [0.15, 0.2) is 0 Å². The zero-order valence-corrected chi connectivity index (χ0v) is 19.9. The van der Waals surface area contributed by atoms with Crippen LogP contribution in [0.3, 0.4) is 0 Å². The number of carbonyl (C=O) groups is 3. The standard InChI is InChI=1S/C25H26N2O7S/c28-23(34-16-4-3-13-27-24(29)21-5-1-2-6-22(21)25(27)30)12-9-19-7-10-20(11-8-19)35(31,32)26-14-17-33-18-15-26/h1-2,5-12H,3-4,13-18H2. The molecule has 9 nitrogen and oxygen atoms in total. The van der Waals surface area contributed by atoms with Gasteiger partial charge in [0.05, 0.1) is 35.8 Å². The van der Waals surface area contributed by atoms with Crippen molar-refractivity contribution in [3.8, 4) is 0 Å². The third-order valence-corrected chi connectivity index (χ3v) is 7.71. The van der Waals surface area contributed by atoms with Crippen molar-refractivity contribution in [2.75, 3.05) is 39.5 Å². The lowest BCUT2D eigenvalue weighted by atomic mass is 10.1. The molecule has 2 aliphatic rings. The summed E-state index contributed by atoms with van der Waals surface area (Å²) in [6.45, 7) is 1.83. The molecule has 0 aromatic heterocycles. The van der Waals surface area contributed by atoms with E-state index in [1.165, 1.54) is 27.4 Å².